The summed E-state index contributed by atoms with van der Waals surface area (Å²) in [6.07, 6.45) is -1.65. The van der Waals surface area contributed by atoms with E-state index in [9.17, 15) is 22.8 Å². The third-order valence-electron chi connectivity index (χ3n) is 6.00. The molecule has 1 aliphatic rings. The van der Waals surface area contributed by atoms with Gasteiger partial charge in [0.15, 0.2) is 0 Å². The van der Waals surface area contributed by atoms with Gasteiger partial charge in [-0.25, -0.2) is 4.79 Å². The van der Waals surface area contributed by atoms with Gasteiger partial charge in [0.25, 0.3) is 0 Å². The van der Waals surface area contributed by atoms with Crippen molar-refractivity contribution in [3.05, 3.63) is 65.7 Å². The summed E-state index contributed by atoms with van der Waals surface area (Å²) in [6, 6.07) is 13.6. The maximum atomic E-state index is 12.9. The van der Waals surface area contributed by atoms with Crippen LogP contribution in [-0.4, -0.2) is 47.9 Å². The molecule has 1 N–H and O–H groups in total. The molecular weight excluding hydrogens is 431 g/mol. The third-order valence-corrected chi connectivity index (χ3v) is 6.00. The summed E-state index contributed by atoms with van der Waals surface area (Å²) in [5.74, 6) is 0.639. The molecule has 33 heavy (non-hydrogen) atoms. The average Bonchev–Trinajstić information content (AvgIpc) is 2.79. The molecule has 8 heteroatoms. The molecule has 0 radical (unpaired) electrons. The molecule has 2 aromatic rings. The quantitative estimate of drug-likeness (QED) is 0.598. The topological polar surface area (TPSA) is 52.7 Å². The Balaban J connectivity index is 1.62. The lowest BCUT2D eigenvalue weighted by atomic mass is 9.99. The molecule has 1 fully saturated rings. The second kappa shape index (κ2) is 11.2. The van der Waals surface area contributed by atoms with Gasteiger partial charge in [-0.2, -0.15) is 13.2 Å². The zero-order valence-corrected chi connectivity index (χ0v) is 18.8. The van der Waals surface area contributed by atoms with Gasteiger partial charge in [0.2, 0.25) is 5.91 Å². The Labute approximate surface area is 192 Å². The smallest absolute Gasteiger partial charge is 0.343 e. The predicted octanol–water partition coefficient (Wildman–Crippen LogP) is 5.43. The van der Waals surface area contributed by atoms with E-state index in [0.29, 0.717) is 18.9 Å². The Bertz CT molecular complexity index is 909. The Kier molecular flexibility index (Phi) is 8.36. The summed E-state index contributed by atoms with van der Waals surface area (Å²) in [7, 11) is 0. The van der Waals surface area contributed by atoms with Crippen LogP contribution in [0.3, 0.4) is 0 Å². The molecule has 0 bridgehead atoms. The van der Waals surface area contributed by atoms with Crippen molar-refractivity contribution < 1.29 is 22.8 Å². The number of nitrogens with one attached hydrogen (secondary N) is 1. The molecule has 1 saturated heterocycles. The Morgan fingerprint density at radius 2 is 1.64 bits per heavy atom. The van der Waals surface area contributed by atoms with E-state index in [0.717, 1.165) is 43.6 Å². The number of likely N-dealkylation sites (tertiary alicyclic amines) is 1. The highest BCUT2D eigenvalue weighted by atomic mass is 19.4. The Hall–Kier alpha value is -3.03. The number of hydrogen-bond acceptors (Lipinski definition) is 2. The van der Waals surface area contributed by atoms with Crippen molar-refractivity contribution in [2.45, 2.75) is 38.8 Å². The first-order valence-corrected chi connectivity index (χ1v) is 11.3. The molecule has 0 saturated carbocycles. The van der Waals surface area contributed by atoms with Gasteiger partial charge in [-0.05, 0) is 55.0 Å². The summed E-state index contributed by atoms with van der Waals surface area (Å²) in [6.45, 7) is 4.28. The van der Waals surface area contributed by atoms with E-state index in [1.165, 1.54) is 12.1 Å². The molecule has 3 rings (SSSR count). The molecule has 3 amide bonds. The molecule has 2 aromatic carbocycles. The number of carbonyl (C=O) groups excluding carboxylic acids is 2. The SMILES string of the molecule is CC1CCN(C(=O)CCN(CCc2ccccc2)C(=O)Nc2ccc(C(F)(F)F)cc2)CC1. The Morgan fingerprint density at radius 1 is 1.00 bits per heavy atom. The predicted molar refractivity (Wildman–Crippen MR) is 122 cm³/mol. The number of urea groups is 1. The maximum Gasteiger partial charge on any atom is 0.416 e. The summed E-state index contributed by atoms with van der Waals surface area (Å²) in [5.41, 5.74) is 0.554. The summed E-state index contributed by atoms with van der Waals surface area (Å²) >= 11 is 0. The molecule has 178 valence electrons. The summed E-state index contributed by atoms with van der Waals surface area (Å²) in [4.78, 5) is 29.0. The first-order chi connectivity index (χ1) is 15.7. The van der Waals surface area contributed by atoms with Crippen LogP contribution in [-0.2, 0) is 17.4 Å². The van der Waals surface area contributed by atoms with Gasteiger partial charge in [-0.3, -0.25) is 4.79 Å². The lowest BCUT2D eigenvalue weighted by Gasteiger charge is -2.31. The van der Waals surface area contributed by atoms with Gasteiger partial charge >= 0.3 is 12.2 Å². The molecule has 1 aliphatic heterocycles. The van der Waals surface area contributed by atoms with Crippen molar-refractivity contribution >= 4 is 17.6 Å². The lowest BCUT2D eigenvalue weighted by Crippen LogP contribution is -2.42. The van der Waals surface area contributed by atoms with Gasteiger partial charge in [-0.1, -0.05) is 37.3 Å². The van der Waals surface area contributed by atoms with Crippen molar-refractivity contribution in [3.63, 3.8) is 0 Å². The molecular formula is C25H30F3N3O2. The summed E-state index contributed by atoms with van der Waals surface area (Å²) < 4.78 is 38.4. The van der Waals surface area contributed by atoms with Crippen molar-refractivity contribution in [2.24, 2.45) is 5.92 Å². The number of alkyl halides is 3. The van der Waals surface area contributed by atoms with E-state index in [-0.39, 0.29) is 24.6 Å². The highest BCUT2D eigenvalue weighted by molar-refractivity contribution is 5.89. The fraction of sp³-hybridized carbons (Fsp3) is 0.440. The zero-order valence-electron chi connectivity index (χ0n) is 18.8. The molecule has 0 aromatic heterocycles. The van der Waals surface area contributed by atoms with Gasteiger partial charge in [0, 0.05) is 38.3 Å². The van der Waals surface area contributed by atoms with E-state index in [1.54, 1.807) is 4.90 Å². The van der Waals surface area contributed by atoms with Gasteiger partial charge in [-0.15, -0.1) is 0 Å². The maximum absolute atomic E-state index is 12.9. The number of benzene rings is 2. The van der Waals surface area contributed by atoms with Crippen molar-refractivity contribution in [2.75, 3.05) is 31.5 Å². The second-order valence-corrected chi connectivity index (χ2v) is 8.54. The van der Waals surface area contributed by atoms with Crippen LogP contribution in [0.25, 0.3) is 0 Å². The lowest BCUT2D eigenvalue weighted by molar-refractivity contribution is -0.137. The monoisotopic (exact) mass is 461 g/mol. The molecule has 1 heterocycles. The number of rotatable bonds is 7. The van der Waals surface area contributed by atoms with Crippen molar-refractivity contribution in [1.82, 2.24) is 9.80 Å². The number of nitrogens with zero attached hydrogens (tertiary/aromatic N) is 2. The molecule has 0 unspecified atom stereocenters. The Morgan fingerprint density at radius 3 is 2.24 bits per heavy atom. The minimum atomic E-state index is -4.43. The normalized spacial score (nSPS) is 14.7. The summed E-state index contributed by atoms with van der Waals surface area (Å²) in [5, 5.41) is 2.66. The molecule has 5 nitrogen and oxygen atoms in total. The van der Waals surface area contributed by atoms with Crippen molar-refractivity contribution in [1.29, 1.82) is 0 Å². The van der Waals surface area contributed by atoms with Gasteiger partial charge in [0.1, 0.15) is 0 Å². The van der Waals surface area contributed by atoms with Crippen LogP contribution in [0.4, 0.5) is 23.7 Å². The van der Waals surface area contributed by atoms with E-state index in [2.05, 4.69) is 12.2 Å². The van der Waals surface area contributed by atoms with E-state index in [4.69, 9.17) is 0 Å². The highest BCUT2D eigenvalue weighted by Gasteiger charge is 2.30. The standard InChI is InChI=1S/C25H30F3N3O2/c1-19-11-15-30(16-12-19)23(32)14-18-31(17-13-20-5-3-2-4-6-20)24(33)29-22-9-7-21(8-10-22)25(26,27)28/h2-10,19H,11-18H2,1H3,(H,29,33). The second-order valence-electron chi connectivity index (χ2n) is 8.54. The van der Waals surface area contributed by atoms with Gasteiger partial charge in [0.05, 0.1) is 5.56 Å². The minimum Gasteiger partial charge on any atom is -0.343 e. The third kappa shape index (κ3) is 7.51. The van der Waals surface area contributed by atoms with Crippen LogP contribution in [0.2, 0.25) is 0 Å². The number of anilines is 1. The minimum absolute atomic E-state index is 0.0222. The zero-order chi connectivity index (χ0) is 23.8. The van der Waals surface area contributed by atoms with Crippen LogP contribution in [0.15, 0.2) is 54.6 Å². The van der Waals surface area contributed by atoms with E-state index >= 15 is 0 Å². The number of amides is 3. The van der Waals surface area contributed by atoms with Crippen LogP contribution < -0.4 is 5.32 Å². The average molecular weight is 462 g/mol. The van der Waals surface area contributed by atoms with E-state index in [1.807, 2.05) is 35.2 Å². The number of hydrogen-bond donors (Lipinski definition) is 1. The fourth-order valence-corrected chi connectivity index (χ4v) is 3.82. The van der Waals surface area contributed by atoms with Gasteiger partial charge < -0.3 is 15.1 Å². The van der Waals surface area contributed by atoms with Crippen LogP contribution >= 0.6 is 0 Å². The van der Waals surface area contributed by atoms with Crippen LogP contribution in [0.1, 0.15) is 37.3 Å². The van der Waals surface area contributed by atoms with Crippen LogP contribution in [0.5, 0.6) is 0 Å². The largest absolute Gasteiger partial charge is 0.416 e. The van der Waals surface area contributed by atoms with E-state index < -0.39 is 17.8 Å². The molecule has 0 spiro atoms. The number of piperidine rings is 1. The first kappa shape index (κ1) is 24.6. The number of carbonyl (C=O) groups is 2. The molecule has 0 atom stereocenters. The van der Waals surface area contributed by atoms with Crippen LogP contribution in [0, 0.1) is 5.92 Å². The van der Waals surface area contributed by atoms with Crippen molar-refractivity contribution in [3.8, 4) is 0 Å². The highest BCUT2D eigenvalue weighted by Crippen LogP contribution is 2.29. The molecule has 0 aliphatic carbocycles. The fourth-order valence-electron chi connectivity index (χ4n) is 3.82. The first-order valence-electron chi connectivity index (χ1n) is 11.3. The number of halogens is 3.